The first-order chi connectivity index (χ1) is 14.9. The van der Waals surface area contributed by atoms with Crippen LogP contribution in [0.15, 0.2) is 64.2 Å². The fourth-order valence-corrected chi connectivity index (χ4v) is 5.22. The smallest absolute Gasteiger partial charge is 0.242 e. The second-order valence-corrected chi connectivity index (χ2v) is 11.9. The minimum Gasteiger partial charge on any atom is -0.337 e. The molecule has 2 aromatic carbocycles. The normalized spacial score (nSPS) is 13.3. The Morgan fingerprint density at radius 3 is 2.38 bits per heavy atom. The number of aromatic nitrogens is 1. The van der Waals surface area contributed by atoms with Gasteiger partial charge in [0.2, 0.25) is 10.0 Å². The van der Waals surface area contributed by atoms with Crippen molar-refractivity contribution in [2.75, 3.05) is 26.9 Å². The summed E-state index contributed by atoms with van der Waals surface area (Å²) in [6.45, 7) is 1.77. The first kappa shape index (κ1) is 24.1. The van der Waals surface area contributed by atoms with Gasteiger partial charge < -0.3 is 10.3 Å². The van der Waals surface area contributed by atoms with Gasteiger partial charge in [0.1, 0.15) is 5.83 Å². The summed E-state index contributed by atoms with van der Waals surface area (Å²) in [6.07, 6.45) is 2.39. The van der Waals surface area contributed by atoms with Gasteiger partial charge >= 0.3 is 0 Å². The molecule has 0 aliphatic heterocycles. The lowest BCUT2D eigenvalue weighted by atomic mass is 10.0. The highest BCUT2D eigenvalue weighted by molar-refractivity contribution is 7.90. The van der Waals surface area contributed by atoms with E-state index in [9.17, 15) is 21.2 Å². The van der Waals surface area contributed by atoms with E-state index in [4.69, 9.17) is 5.73 Å². The van der Waals surface area contributed by atoms with Crippen LogP contribution < -0.4 is 5.73 Å². The summed E-state index contributed by atoms with van der Waals surface area (Å²) in [5, 5.41) is 0.588. The molecular formula is C22H26FN3O4S2. The highest BCUT2D eigenvalue weighted by Gasteiger charge is 2.22. The highest BCUT2D eigenvalue weighted by atomic mass is 32.2. The summed E-state index contributed by atoms with van der Waals surface area (Å²) in [4.78, 5) is 0.229. The Morgan fingerprint density at radius 2 is 1.78 bits per heavy atom. The third-order valence-corrected chi connectivity index (χ3v) is 8.19. The molecule has 32 heavy (non-hydrogen) atoms. The van der Waals surface area contributed by atoms with Crippen molar-refractivity contribution in [2.24, 2.45) is 5.73 Å². The number of fused-ring (bicyclic) bond motifs is 1. The molecule has 172 valence electrons. The van der Waals surface area contributed by atoms with Crippen LogP contribution in [0.25, 0.3) is 22.0 Å². The standard InChI is InChI=1S/C22H26FN3O4S2/c1-15-22(16-6-5-7-19(12-16)32(29,30)25(2)3)20-13-18(31(4,27)28)8-9-21(20)26(15)14-17(23)10-11-24/h5-10,12-13H,11,14,24H2,1-4H3/b17-10-. The maximum atomic E-state index is 14.4. The van der Waals surface area contributed by atoms with Crippen molar-refractivity contribution < 1.29 is 21.2 Å². The van der Waals surface area contributed by atoms with Crippen LogP contribution in [0.3, 0.4) is 0 Å². The number of hydrogen-bond donors (Lipinski definition) is 1. The van der Waals surface area contributed by atoms with Crippen LogP contribution in [-0.2, 0) is 26.4 Å². The molecule has 3 aromatic rings. The van der Waals surface area contributed by atoms with E-state index in [1.54, 1.807) is 41.8 Å². The molecular weight excluding hydrogens is 453 g/mol. The lowest BCUT2D eigenvalue weighted by Crippen LogP contribution is -2.22. The van der Waals surface area contributed by atoms with Gasteiger partial charge in [0.25, 0.3) is 0 Å². The van der Waals surface area contributed by atoms with Gasteiger partial charge in [-0.05, 0) is 48.9 Å². The number of rotatable bonds is 7. The van der Waals surface area contributed by atoms with Crippen LogP contribution >= 0.6 is 0 Å². The van der Waals surface area contributed by atoms with Crippen molar-refractivity contribution in [1.29, 1.82) is 0 Å². The molecule has 0 bridgehead atoms. The van der Waals surface area contributed by atoms with Crippen LogP contribution in [0.4, 0.5) is 4.39 Å². The number of hydrogen-bond acceptors (Lipinski definition) is 5. The van der Waals surface area contributed by atoms with Gasteiger partial charge in [-0.1, -0.05) is 12.1 Å². The highest BCUT2D eigenvalue weighted by Crippen LogP contribution is 2.37. The van der Waals surface area contributed by atoms with Gasteiger partial charge in [-0.15, -0.1) is 0 Å². The Labute approximate surface area is 187 Å². The molecule has 0 saturated heterocycles. The molecule has 0 atom stereocenters. The monoisotopic (exact) mass is 479 g/mol. The number of nitrogens with zero attached hydrogens (tertiary/aromatic N) is 2. The van der Waals surface area contributed by atoms with Crippen LogP contribution in [-0.4, -0.2) is 52.6 Å². The third kappa shape index (κ3) is 4.49. The zero-order valence-electron chi connectivity index (χ0n) is 18.3. The molecule has 0 fully saturated rings. The SMILES string of the molecule is Cc1c(-c2cccc(S(=O)(=O)N(C)C)c2)c2cc(S(C)(=O)=O)ccc2n1C/C(F)=C/CN. The average Bonchev–Trinajstić information content (AvgIpc) is 2.98. The maximum Gasteiger partial charge on any atom is 0.242 e. The van der Waals surface area contributed by atoms with Crippen LogP contribution in [0.2, 0.25) is 0 Å². The molecule has 10 heteroatoms. The Balaban J connectivity index is 2.35. The second kappa shape index (κ2) is 8.78. The quantitative estimate of drug-likeness (QED) is 0.561. The van der Waals surface area contributed by atoms with E-state index < -0.39 is 25.7 Å². The Kier molecular flexibility index (Phi) is 6.62. The third-order valence-electron chi connectivity index (χ3n) is 5.27. The summed E-state index contributed by atoms with van der Waals surface area (Å²) in [5.74, 6) is -0.421. The Morgan fingerprint density at radius 1 is 1.09 bits per heavy atom. The van der Waals surface area contributed by atoms with Crippen LogP contribution in [0.1, 0.15) is 5.69 Å². The fourth-order valence-electron chi connectivity index (χ4n) is 3.63. The maximum absolute atomic E-state index is 14.4. The van der Waals surface area contributed by atoms with Crippen LogP contribution in [0, 0.1) is 6.92 Å². The summed E-state index contributed by atoms with van der Waals surface area (Å²) >= 11 is 0. The zero-order chi connectivity index (χ0) is 23.8. The van der Waals surface area contributed by atoms with E-state index in [0.717, 1.165) is 10.6 Å². The first-order valence-corrected chi connectivity index (χ1v) is 13.1. The molecule has 1 aromatic heterocycles. The molecule has 7 nitrogen and oxygen atoms in total. The van der Waals surface area contributed by atoms with Crippen molar-refractivity contribution >= 4 is 30.8 Å². The fraction of sp³-hybridized carbons (Fsp3) is 0.273. The predicted molar refractivity (Wildman–Crippen MR) is 124 cm³/mol. The minimum atomic E-state index is -3.68. The van der Waals surface area contributed by atoms with Crippen molar-refractivity contribution in [2.45, 2.75) is 23.3 Å². The van der Waals surface area contributed by atoms with E-state index in [1.807, 2.05) is 0 Å². The molecule has 0 radical (unpaired) electrons. The summed E-state index contributed by atoms with van der Waals surface area (Å²) in [5.41, 5.74) is 7.96. The van der Waals surface area contributed by atoms with Gasteiger partial charge in [0, 0.05) is 49.1 Å². The van der Waals surface area contributed by atoms with Crippen molar-refractivity contribution in [1.82, 2.24) is 8.87 Å². The number of halogens is 1. The topological polar surface area (TPSA) is 102 Å². The summed E-state index contributed by atoms with van der Waals surface area (Å²) in [7, 11) is -4.26. The van der Waals surface area contributed by atoms with Gasteiger partial charge in [-0.2, -0.15) is 0 Å². The molecule has 0 unspecified atom stereocenters. The van der Waals surface area contributed by atoms with E-state index in [0.29, 0.717) is 27.7 Å². The number of nitrogens with two attached hydrogens (primary N) is 1. The lowest BCUT2D eigenvalue weighted by molar-refractivity contribution is 0.521. The Hall–Kier alpha value is -2.53. The van der Waals surface area contributed by atoms with E-state index >= 15 is 0 Å². The number of allylic oxidation sites excluding steroid dienone is 1. The van der Waals surface area contributed by atoms with Gasteiger partial charge in [-0.25, -0.2) is 25.5 Å². The van der Waals surface area contributed by atoms with Gasteiger partial charge in [-0.3, -0.25) is 0 Å². The zero-order valence-corrected chi connectivity index (χ0v) is 20.0. The molecule has 0 aliphatic rings. The first-order valence-electron chi connectivity index (χ1n) is 9.78. The second-order valence-electron chi connectivity index (χ2n) is 7.70. The molecule has 0 spiro atoms. The Bertz CT molecular complexity index is 1420. The molecule has 1 heterocycles. The predicted octanol–water partition coefficient (Wildman–Crippen LogP) is 3.08. The molecule has 0 saturated carbocycles. The lowest BCUT2D eigenvalue weighted by Gasteiger charge is -2.13. The van der Waals surface area contributed by atoms with Crippen molar-refractivity contribution in [3.05, 3.63) is 60.1 Å². The van der Waals surface area contributed by atoms with Gasteiger partial charge in [0.05, 0.1) is 16.3 Å². The summed E-state index contributed by atoms with van der Waals surface area (Å²) < 4.78 is 66.8. The molecule has 0 aliphatic carbocycles. The number of benzene rings is 2. The largest absolute Gasteiger partial charge is 0.337 e. The number of sulfone groups is 1. The van der Waals surface area contributed by atoms with E-state index in [2.05, 4.69) is 0 Å². The number of sulfonamides is 1. The van der Waals surface area contributed by atoms with Crippen LogP contribution in [0.5, 0.6) is 0 Å². The minimum absolute atomic E-state index is 0.0552. The van der Waals surface area contributed by atoms with Crippen molar-refractivity contribution in [3.8, 4) is 11.1 Å². The van der Waals surface area contributed by atoms with E-state index in [-0.39, 0.29) is 22.9 Å². The molecule has 0 amide bonds. The van der Waals surface area contributed by atoms with Gasteiger partial charge in [0.15, 0.2) is 9.84 Å². The average molecular weight is 480 g/mol. The molecule has 2 N–H and O–H groups in total. The van der Waals surface area contributed by atoms with E-state index in [1.165, 1.54) is 32.3 Å². The van der Waals surface area contributed by atoms with Crippen molar-refractivity contribution in [3.63, 3.8) is 0 Å². The molecule has 3 rings (SSSR count). The summed E-state index contributed by atoms with van der Waals surface area (Å²) in [6, 6.07) is 11.1.